The molecule has 0 atom stereocenters. The summed E-state index contributed by atoms with van der Waals surface area (Å²) in [7, 11) is 0. The highest BCUT2D eigenvalue weighted by atomic mass is 32.2. The predicted octanol–water partition coefficient (Wildman–Crippen LogP) is 3.32. The first-order chi connectivity index (χ1) is 12.0. The molecule has 0 aromatic heterocycles. The van der Waals surface area contributed by atoms with Crippen molar-refractivity contribution in [1.29, 1.82) is 5.26 Å². The van der Waals surface area contributed by atoms with Crippen molar-refractivity contribution in [3.63, 3.8) is 0 Å². The van der Waals surface area contributed by atoms with Crippen LogP contribution < -0.4 is 5.32 Å². The average Bonchev–Trinajstić information content (AvgIpc) is 2.94. The number of esters is 1. The van der Waals surface area contributed by atoms with Crippen molar-refractivity contribution in [2.45, 2.75) is 19.8 Å². The van der Waals surface area contributed by atoms with E-state index in [1.165, 1.54) is 11.8 Å². The zero-order chi connectivity index (χ0) is 18.2. The number of benzene rings is 1. The Bertz CT molecular complexity index is 790. The zero-order valence-electron chi connectivity index (χ0n) is 13.6. The summed E-state index contributed by atoms with van der Waals surface area (Å²) in [5, 5.41) is 11.4. The molecule has 128 valence electrons. The van der Waals surface area contributed by atoms with Crippen LogP contribution >= 0.6 is 24.0 Å². The van der Waals surface area contributed by atoms with Crippen LogP contribution in [-0.4, -0.2) is 22.8 Å². The normalized spacial score (nSPS) is 15.8. The van der Waals surface area contributed by atoms with Crippen LogP contribution in [0.1, 0.15) is 30.9 Å². The number of thioether (sulfide) groups is 1. The number of carbonyl (C=O) groups is 2. The average molecular weight is 372 g/mol. The van der Waals surface area contributed by atoms with Crippen LogP contribution in [0.3, 0.4) is 0 Å². The number of hydrogen-bond donors (Lipinski definition) is 1. The molecule has 1 fully saturated rings. The van der Waals surface area contributed by atoms with Crippen LogP contribution in [-0.2, 0) is 14.3 Å². The number of rotatable bonds is 6. The van der Waals surface area contributed by atoms with E-state index >= 15 is 0 Å². The number of nitrogens with zero attached hydrogens (tertiary/aromatic N) is 1. The fourth-order valence-corrected chi connectivity index (χ4v) is 3.25. The summed E-state index contributed by atoms with van der Waals surface area (Å²) in [5.74, 6) is -0.559. The van der Waals surface area contributed by atoms with Gasteiger partial charge < -0.3 is 10.1 Å². The molecule has 1 amide bonds. The van der Waals surface area contributed by atoms with Crippen molar-refractivity contribution in [1.82, 2.24) is 5.32 Å². The number of ether oxygens (including phenoxy) is 1. The largest absolute Gasteiger partial charge is 0.466 e. The van der Waals surface area contributed by atoms with Crippen molar-refractivity contribution >= 4 is 46.3 Å². The monoisotopic (exact) mass is 372 g/mol. The van der Waals surface area contributed by atoms with Gasteiger partial charge in [-0.15, -0.1) is 0 Å². The van der Waals surface area contributed by atoms with Gasteiger partial charge in [0.25, 0.3) is 5.91 Å². The fraction of sp³-hybridized carbons (Fsp3) is 0.222. The summed E-state index contributed by atoms with van der Waals surface area (Å²) in [5.41, 5.74) is 2.19. The summed E-state index contributed by atoms with van der Waals surface area (Å²) in [6, 6.07) is 9.13. The maximum Gasteiger partial charge on any atom is 0.306 e. The second kappa shape index (κ2) is 9.16. The van der Waals surface area contributed by atoms with Crippen LogP contribution in [0.15, 0.2) is 40.8 Å². The lowest BCUT2D eigenvalue weighted by Crippen LogP contribution is -2.18. The summed E-state index contributed by atoms with van der Waals surface area (Å²) >= 11 is 6.22. The van der Waals surface area contributed by atoms with Gasteiger partial charge in [0.05, 0.1) is 23.1 Å². The number of amides is 1. The Morgan fingerprint density at radius 2 is 2.08 bits per heavy atom. The Morgan fingerprint density at radius 3 is 2.64 bits per heavy atom. The lowest BCUT2D eigenvalue weighted by Gasteiger charge is -2.05. The first-order valence-corrected chi connectivity index (χ1v) is 8.86. The third-order valence-corrected chi connectivity index (χ3v) is 4.62. The van der Waals surface area contributed by atoms with E-state index in [0.717, 1.165) is 11.1 Å². The molecule has 0 saturated carbocycles. The molecule has 25 heavy (non-hydrogen) atoms. The van der Waals surface area contributed by atoms with Gasteiger partial charge in [0.2, 0.25) is 0 Å². The molecular formula is C18H16N2O3S2. The third-order valence-electron chi connectivity index (χ3n) is 3.33. The summed E-state index contributed by atoms with van der Waals surface area (Å²) < 4.78 is 5.34. The number of thiocarbonyl (C=S) groups is 1. The number of hydrogen-bond acceptors (Lipinski definition) is 6. The summed E-state index contributed by atoms with van der Waals surface area (Å²) in [4.78, 5) is 24.1. The van der Waals surface area contributed by atoms with Crippen LogP contribution in [0, 0.1) is 11.3 Å². The van der Waals surface area contributed by atoms with E-state index in [0.29, 0.717) is 27.8 Å². The van der Waals surface area contributed by atoms with E-state index in [2.05, 4.69) is 11.4 Å². The van der Waals surface area contributed by atoms with Crippen molar-refractivity contribution < 1.29 is 14.3 Å². The van der Waals surface area contributed by atoms with Crippen molar-refractivity contribution in [2.24, 2.45) is 0 Å². The molecule has 0 unspecified atom stereocenters. The maximum absolute atomic E-state index is 12.0. The van der Waals surface area contributed by atoms with Crippen molar-refractivity contribution in [3.05, 3.63) is 51.9 Å². The molecule has 0 spiro atoms. The van der Waals surface area contributed by atoms with E-state index in [-0.39, 0.29) is 18.3 Å². The second-order valence-electron chi connectivity index (χ2n) is 5.07. The molecule has 7 heteroatoms. The van der Waals surface area contributed by atoms with Gasteiger partial charge in [0, 0.05) is 6.42 Å². The topological polar surface area (TPSA) is 79.2 Å². The van der Waals surface area contributed by atoms with Crippen LogP contribution in [0.25, 0.3) is 6.08 Å². The maximum atomic E-state index is 12.0. The van der Waals surface area contributed by atoms with Gasteiger partial charge in [0.15, 0.2) is 0 Å². The molecule has 1 N–H and O–H groups in total. The molecule has 5 nitrogen and oxygen atoms in total. The van der Waals surface area contributed by atoms with Gasteiger partial charge in [-0.25, -0.2) is 0 Å². The molecule has 1 aliphatic heterocycles. The molecule has 1 heterocycles. The standard InChI is InChI=1S/C18H16N2O3S2/c1-2-23-15(21)10-9-14(16-17(22)20-18(24)25-16)8-7-12-3-5-13(11-19)6-4-12/h3-8H,2,9-10H2,1H3,(H,20,22,24). The van der Waals surface area contributed by atoms with Crippen LogP contribution in [0.2, 0.25) is 0 Å². The van der Waals surface area contributed by atoms with Crippen LogP contribution in [0.5, 0.6) is 0 Å². The molecular weight excluding hydrogens is 356 g/mol. The van der Waals surface area contributed by atoms with Crippen molar-refractivity contribution in [3.8, 4) is 6.07 Å². The van der Waals surface area contributed by atoms with E-state index in [4.69, 9.17) is 22.2 Å². The Hall–Kier alpha value is -2.43. The molecule has 2 rings (SSSR count). The van der Waals surface area contributed by atoms with Gasteiger partial charge in [-0.1, -0.05) is 48.3 Å². The SMILES string of the molecule is CCOC(=O)CCC(C=Cc1ccc(C#N)cc1)=C1SC(=S)NC1=O. The van der Waals surface area contributed by atoms with E-state index in [9.17, 15) is 9.59 Å². The summed E-state index contributed by atoms with van der Waals surface area (Å²) in [6.45, 7) is 2.08. The molecule has 1 aromatic rings. The Labute approximate surface area is 155 Å². The minimum absolute atomic E-state index is 0.186. The quantitative estimate of drug-likeness (QED) is 0.469. The highest BCUT2D eigenvalue weighted by Crippen LogP contribution is 2.30. The second-order valence-corrected chi connectivity index (χ2v) is 6.76. The molecule has 1 aromatic carbocycles. The van der Waals surface area contributed by atoms with Crippen molar-refractivity contribution in [2.75, 3.05) is 6.61 Å². The third kappa shape index (κ3) is 5.55. The molecule has 0 radical (unpaired) electrons. The fourth-order valence-electron chi connectivity index (χ4n) is 2.13. The zero-order valence-corrected chi connectivity index (χ0v) is 15.2. The first-order valence-electron chi connectivity index (χ1n) is 7.63. The van der Waals surface area contributed by atoms with Gasteiger partial charge in [-0.05, 0) is 36.6 Å². The Kier molecular flexibility index (Phi) is 6.92. The minimum Gasteiger partial charge on any atom is -0.466 e. The molecule has 1 saturated heterocycles. The van der Waals surface area contributed by atoms with Gasteiger partial charge >= 0.3 is 5.97 Å². The van der Waals surface area contributed by atoms with E-state index in [1.54, 1.807) is 25.1 Å². The molecule has 1 aliphatic rings. The van der Waals surface area contributed by atoms with Gasteiger partial charge in [0.1, 0.15) is 4.32 Å². The highest BCUT2D eigenvalue weighted by molar-refractivity contribution is 8.26. The number of allylic oxidation sites excluding steroid dienone is 2. The van der Waals surface area contributed by atoms with Crippen LogP contribution in [0.4, 0.5) is 0 Å². The molecule has 0 aliphatic carbocycles. The Morgan fingerprint density at radius 1 is 1.36 bits per heavy atom. The number of nitriles is 1. The van der Waals surface area contributed by atoms with E-state index in [1.807, 2.05) is 18.2 Å². The van der Waals surface area contributed by atoms with E-state index < -0.39 is 0 Å². The number of nitrogens with one attached hydrogen (secondary N) is 1. The minimum atomic E-state index is -0.307. The predicted molar refractivity (Wildman–Crippen MR) is 101 cm³/mol. The summed E-state index contributed by atoms with van der Waals surface area (Å²) in [6.07, 6.45) is 4.20. The first kappa shape index (κ1) is 18.9. The molecule has 0 bridgehead atoms. The number of carbonyl (C=O) groups excluding carboxylic acids is 2. The van der Waals surface area contributed by atoms with Gasteiger partial charge in [-0.2, -0.15) is 5.26 Å². The Balaban J connectivity index is 2.22. The van der Waals surface area contributed by atoms with Gasteiger partial charge in [-0.3, -0.25) is 9.59 Å². The lowest BCUT2D eigenvalue weighted by atomic mass is 10.1. The highest BCUT2D eigenvalue weighted by Gasteiger charge is 2.25. The lowest BCUT2D eigenvalue weighted by molar-refractivity contribution is -0.143. The smallest absolute Gasteiger partial charge is 0.306 e.